The van der Waals surface area contributed by atoms with Gasteiger partial charge in [-0.3, -0.25) is 9.52 Å². The fourth-order valence-corrected chi connectivity index (χ4v) is 3.70. The predicted octanol–water partition coefficient (Wildman–Crippen LogP) is 2.53. The van der Waals surface area contributed by atoms with Gasteiger partial charge in [0.05, 0.1) is 11.4 Å². The first kappa shape index (κ1) is 14.5. The van der Waals surface area contributed by atoms with Crippen molar-refractivity contribution in [3.8, 4) is 0 Å². The number of nitrogens with zero attached hydrogens (tertiary/aromatic N) is 1. The molecule has 5 nitrogen and oxygen atoms in total. The number of amides is 1. The van der Waals surface area contributed by atoms with Gasteiger partial charge in [0, 0.05) is 14.0 Å². The molecule has 2 aromatic rings. The van der Waals surface area contributed by atoms with Crippen molar-refractivity contribution in [2.45, 2.75) is 11.1 Å². The normalized spacial score (nSPS) is 11.1. The minimum Gasteiger partial charge on any atom is -0.314 e. The van der Waals surface area contributed by atoms with E-state index in [-0.39, 0.29) is 10.1 Å². The molecule has 0 atom stereocenters. The van der Waals surface area contributed by atoms with E-state index in [0.717, 1.165) is 11.3 Å². The van der Waals surface area contributed by atoms with Crippen molar-refractivity contribution in [1.82, 2.24) is 0 Å². The van der Waals surface area contributed by atoms with E-state index >= 15 is 0 Å². The number of para-hydroxylation sites is 2. The molecule has 1 heterocycles. The van der Waals surface area contributed by atoms with Crippen LogP contribution in [-0.4, -0.2) is 21.4 Å². The molecule has 1 amide bonds. The lowest BCUT2D eigenvalue weighted by molar-refractivity contribution is -0.116. The third-order valence-corrected chi connectivity index (χ3v) is 5.50. The molecule has 106 valence electrons. The van der Waals surface area contributed by atoms with Crippen LogP contribution in [0.4, 0.5) is 11.4 Å². The largest absolute Gasteiger partial charge is 0.314 e. The standard InChI is InChI=1S/C13H14N2O3S2/c1-10(16)15(2)12-7-4-3-6-11(12)14-20(17,18)13-8-5-9-19-13/h3-9,14H,1-2H3. The van der Waals surface area contributed by atoms with Gasteiger partial charge in [-0.25, -0.2) is 8.42 Å². The summed E-state index contributed by atoms with van der Waals surface area (Å²) in [6.07, 6.45) is 0. The second-order valence-corrected chi connectivity index (χ2v) is 6.99. The van der Waals surface area contributed by atoms with Gasteiger partial charge in [0.25, 0.3) is 10.0 Å². The Balaban J connectivity index is 2.38. The van der Waals surface area contributed by atoms with E-state index in [4.69, 9.17) is 0 Å². The van der Waals surface area contributed by atoms with Crippen LogP contribution in [0.1, 0.15) is 6.92 Å². The van der Waals surface area contributed by atoms with Gasteiger partial charge >= 0.3 is 0 Å². The topological polar surface area (TPSA) is 66.5 Å². The molecule has 0 unspecified atom stereocenters. The van der Waals surface area contributed by atoms with Crippen molar-refractivity contribution < 1.29 is 13.2 Å². The Kier molecular flexibility index (Phi) is 4.10. The number of carbonyl (C=O) groups excluding carboxylic acids is 1. The molecule has 7 heteroatoms. The molecule has 0 saturated carbocycles. The molecule has 0 saturated heterocycles. The molecule has 0 aliphatic rings. The van der Waals surface area contributed by atoms with E-state index in [2.05, 4.69) is 4.72 Å². The molecule has 0 aliphatic carbocycles. The molecule has 1 aromatic heterocycles. The molecule has 0 fully saturated rings. The van der Waals surface area contributed by atoms with Crippen molar-refractivity contribution in [3.63, 3.8) is 0 Å². The summed E-state index contributed by atoms with van der Waals surface area (Å²) < 4.78 is 27.2. The van der Waals surface area contributed by atoms with Gasteiger partial charge in [0.15, 0.2) is 0 Å². The zero-order valence-corrected chi connectivity index (χ0v) is 12.7. The number of benzene rings is 1. The molecular weight excluding hydrogens is 296 g/mol. The van der Waals surface area contributed by atoms with Gasteiger partial charge < -0.3 is 4.90 Å². The monoisotopic (exact) mass is 310 g/mol. The quantitative estimate of drug-likeness (QED) is 0.943. The van der Waals surface area contributed by atoms with Gasteiger partial charge in [-0.1, -0.05) is 18.2 Å². The third-order valence-electron chi connectivity index (χ3n) is 2.74. The lowest BCUT2D eigenvalue weighted by atomic mass is 10.2. The van der Waals surface area contributed by atoms with E-state index in [1.807, 2.05) is 0 Å². The summed E-state index contributed by atoms with van der Waals surface area (Å²) in [5.74, 6) is -0.173. The minimum absolute atomic E-state index is 0.173. The summed E-state index contributed by atoms with van der Waals surface area (Å²) >= 11 is 1.14. The van der Waals surface area contributed by atoms with Crippen molar-refractivity contribution in [2.24, 2.45) is 0 Å². The van der Waals surface area contributed by atoms with Crippen molar-refractivity contribution in [2.75, 3.05) is 16.7 Å². The SMILES string of the molecule is CC(=O)N(C)c1ccccc1NS(=O)(=O)c1cccs1. The Morgan fingerprint density at radius 2 is 1.90 bits per heavy atom. The number of thiophene rings is 1. The number of hydrogen-bond donors (Lipinski definition) is 1. The molecule has 20 heavy (non-hydrogen) atoms. The number of nitrogens with one attached hydrogen (secondary N) is 1. The van der Waals surface area contributed by atoms with Crippen molar-refractivity contribution in [3.05, 3.63) is 41.8 Å². The molecule has 1 aromatic carbocycles. The Morgan fingerprint density at radius 1 is 1.20 bits per heavy atom. The van der Waals surface area contributed by atoms with E-state index in [0.29, 0.717) is 11.4 Å². The highest BCUT2D eigenvalue weighted by molar-refractivity contribution is 7.94. The van der Waals surface area contributed by atoms with Gasteiger partial charge in [0.2, 0.25) is 5.91 Å². The molecule has 0 aliphatic heterocycles. The number of carbonyl (C=O) groups is 1. The Hall–Kier alpha value is -1.86. The Labute approximate surface area is 121 Å². The number of anilines is 2. The highest BCUT2D eigenvalue weighted by Crippen LogP contribution is 2.28. The summed E-state index contributed by atoms with van der Waals surface area (Å²) in [6, 6.07) is 9.98. The van der Waals surface area contributed by atoms with Crippen LogP contribution in [0, 0.1) is 0 Å². The molecular formula is C13H14N2O3S2. The average Bonchev–Trinajstić information content (AvgIpc) is 2.92. The Morgan fingerprint density at radius 3 is 2.50 bits per heavy atom. The smallest absolute Gasteiger partial charge is 0.271 e. The van der Waals surface area contributed by atoms with Crippen LogP contribution in [0.15, 0.2) is 46.0 Å². The minimum atomic E-state index is -3.62. The number of rotatable bonds is 4. The molecule has 0 radical (unpaired) electrons. The van der Waals surface area contributed by atoms with Crippen LogP contribution >= 0.6 is 11.3 Å². The maximum atomic E-state index is 12.2. The van der Waals surface area contributed by atoms with Crippen molar-refractivity contribution in [1.29, 1.82) is 0 Å². The lowest BCUT2D eigenvalue weighted by Crippen LogP contribution is -2.24. The van der Waals surface area contributed by atoms with Crippen LogP contribution in [0.3, 0.4) is 0 Å². The first-order valence-corrected chi connectivity index (χ1v) is 8.18. The molecule has 0 spiro atoms. The van der Waals surface area contributed by atoms with Gasteiger partial charge in [0.1, 0.15) is 4.21 Å². The van der Waals surface area contributed by atoms with Gasteiger partial charge in [-0.2, -0.15) is 0 Å². The number of sulfonamides is 1. The fraction of sp³-hybridized carbons (Fsp3) is 0.154. The summed E-state index contributed by atoms with van der Waals surface area (Å²) in [5.41, 5.74) is 0.888. The third kappa shape index (κ3) is 3.00. The van der Waals surface area contributed by atoms with E-state index in [1.54, 1.807) is 42.8 Å². The van der Waals surface area contributed by atoms with Crippen LogP contribution in [0.25, 0.3) is 0 Å². The predicted molar refractivity (Wildman–Crippen MR) is 80.7 cm³/mol. The number of hydrogen-bond acceptors (Lipinski definition) is 4. The van der Waals surface area contributed by atoms with E-state index in [9.17, 15) is 13.2 Å². The first-order chi connectivity index (χ1) is 9.42. The molecule has 2 rings (SSSR count). The maximum absolute atomic E-state index is 12.2. The molecule has 1 N–H and O–H groups in total. The molecule has 0 bridgehead atoms. The van der Waals surface area contributed by atoms with E-state index in [1.165, 1.54) is 17.9 Å². The summed E-state index contributed by atoms with van der Waals surface area (Å²) in [6.45, 7) is 1.42. The van der Waals surface area contributed by atoms with Crippen LogP contribution in [0.2, 0.25) is 0 Å². The van der Waals surface area contributed by atoms with E-state index < -0.39 is 10.0 Å². The Bertz CT molecular complexity index is 709. The highest BCUT2D eigenvalue weighted by atomic mass is 32.2. The summed E-state index contributed by atoms with van der Waals surface area (Å²) in [5, 5.41) is 1.70. The van der Waals surface area contributed by atoms with Crippen LogP contribution in [-0.2, 0) is 14.8 Å². The van der Waals surface area contributed by atoms with Crippen molar-refractivity contribution >= 4 is 38.6 Å². The van der Waals surface area contributed by atoms with Crippen LogP contribution in [0.5, 0.6) is 0 Å². The second-order valence-electron chi connectivity index (χ2n) is 4.13. The second kappa shape index (κ2) is 5.64. The first-order valence-electron chi connectivity index (χ1n) is 5.81. The maximum Gasteiger partial charge on any atom is 0.271 e. The van der Waals surface area contributed by atoms with Gasteiger partial charge in [-0.15, -0.1) is 11.3 Å². The summed E-state index contributed by atoms with van der Waals surface area (Å²) in [4.78, 5) is 12.8. The highest BCUT2D eigenvalue weighted by Gasteiger charge is 2.18. The lowest BCUT2D eigenvalue weighted by Gasteiger charge is -2.19. The average molecular weight is 310 g/mol. The summed E-state index contributed by atoms with van der Waals surface area (Å²) in [7, 11) is -2.02. The zero-order valence-electron chi connectivity index (χ0n) is 11.0. The zero-order chi connectivity index (χ0) is 14.8. The van der Waals surface area contributed by atoms with Crippen LogP contribution < -0.4 is 9.62 Å². The fourth-order valence-electron chi connectivity index (χ4n) is 1.63. The van der Waals surface area contributed by atoms with Gasteiger partial charge in [-0.05, 0) is 23.6 Å².